The Bertz CT molecular complexity index is 352. The van der Waals surface area contributed by atoms with Gasteiger partial charge in [-0.1, -0.05) is 6.92 Å². The van der Waals surface area contributed by atoms with E-state index in [1.54, 1.807) is 0 Å². The number of β-amino-alcohol motifs (C(OH)–C–C–N with tert-alkyl or cyclic N) is 1. The molecule has 0 radical (unpaired) electrons. The summed E-state index contributed by atoms with van der Waals surface area (Å²) in [6, 6.07) is -0.876. The zero-order valence-corrected chi connectivity index (χ0v) is 10.6. The fourth-order valence-electron chi connectivity index (χ4n) is 2.81. The number of aliphatic carboxylic acids is 1. The Hall–Kier alpha value is -1.14. The number of carbonyl (C=O) groups excluding carboxylic acids is 1. The topological polar surface area (TPSA) is 89.9 Å². The van der Waals surface area contributed by atoms with Crippen LogP contribution in [0.5, 0.6) is 0 Å². The van der Waals surface area contributed by atoms with Gasteiger partial charge >= 0.3 is 5.97 Å². The van der Waals surface area contributed by atoms with E-state index in [2.05, 4.69) is 5.32 Å². The van der Waals surface area contributed by atoms with Crippen LogP contribution in [0.3, 0.4) is 0 Å². The zero-order valence-electron chi connectivity index (χ0n) is 10.6. The van der Waals surface area contributed by atoms with Crippen molar-refractivity contribution in [2.45, 2.75) is 38.3 Å². The first-order chi connectivity index (χ1) is 8.44. The van der Waals surface area contributed by atoms with Gasteiger partial charge in [0.05, 0.1) is 6.10 Å². The Morgan fingerprint density at radius 1 is 1.33 bits per heavy atom. The third kappa shape index (κ3) is 2.35. The van der Waals surface area contributed by atoms with Gasteiger partial charge in [-0.3, -0.25) is 4.79 Å². The summed E-state index contributed by atoms with van der Waals surface area (Å²) in [4.78, 5) is 25.0. The van der Waals surface area contributed by atoms with Crippen LogP contribution in [0.15, 0.2) is 0 Å². The van der Waals surface area contributed by atoms with Crippen molar-refractivity contribution in [1.82, 2.24) is 10.2 Å². The summed E-state index contributed by atoms with van der Waals surface area (Å²) in [6.07, 6.45) is 0.839. The third-order valence-corrected chi connectivity index (χ3v) is 4.05. The molecule has 0 aromatic carbocycles. The number of carboxylic acids is 1. The molecule has 0 spiro atoms. The van der Waals surface area contributed by atoms with Crippen molar-refractivity contribution in [3.05, 3.63) is 0 Å². The second-order valence-electron chi connectivity index (χ2n) is 5.51. The maximum atomic E-state index is 12.5. The van der Waals surface area contributed by atoms with Crippen LogP contribution in [0.25, 0.3) is 0 Å². The molecule has 0 unspecified atom stereocenters. The van der Waals surface area contributed by atoms with Crippen LogP contribution in [0.4, 0.5) is 0 Å². The van der Waals surface area contributed by atoms with E-state index in [4.69, 9.17) is 5.11 Å². The molecule has 2 aliphatic heterocycles. The zero-order chi connectivity index (χ0) is 13.3. The van der Waals surface area contributed by atoms with Crippen molar-refractivity contribution in [2.75, 3.05) is 19.6 Å². The molecule has 102 valence electrons. The van der Waals surface area contributed by atoms with Gasteiger partial charge in [0.25, 0.3) is 0 Å². The molecular formula is C12H20N2O4. The molecule has 2 saturated heterocycles. The molecule has 0 aromatic heterocycles. The molecule has 0 aliphatic carbocycles. The largest absolute Gasteiger partial charge is 0.480 e. The second kappa shape index (κ2) is 4.85. The summed E-state index contributed by atoms with van der Waals surface area (Å²) in [5.41, 5.74) is -0.497. The highest BCUT2D eigenvalue weighted by molar-refractivity contribution is 5.88. The lowest BCUT2D eigenvalue weighted by Crippen LogP contribution is -2.51. The van der Waals surface area contributed by atoms with E-state index in [0.29, 0.717) is 12.8 Å². The van der Waals surface area contributed by atoms with Crippen LogP contribution in [-0.4, -0.2) is 58.8 Å². The van der Waals surface area contributed by atoms with Crippen molar-refractivity contribution in [2.24, 2.45) is 5.41 Å². The van der Waals surface area contributed by atoms with E-state index in [1.165, 1.54) is 4.90 Å². The van der Waals surface area contributed by atoms with E-state index >= 15 is 0 Å². The van der Waals surface area contributed by atoms with E-state index in [1.807, 2.05) is 6.92 Å². The Balaban J connectivity index is 2.14. The molecule has 2 fully saturated rings. The first kappa shape index (κ1) is 13.3. The van der Waals surface area contributed by atoms with Gasteiger partial charge in [0.2, 0.25) is 5.91 Å². The summed E-state index contributed by atoms with van der Waals surface area (Å²) in [7, 11) is 0. The minimum atomic E-state index is -1.03. The van der Waals surface area contributed by atoms with Crippen LogP contribution < -0.4 is 5.32 Å². The Kier molecular flexibility index (Phi) is 3.59. The molecule has 6 heteroatoms. The Morgan fingerprint density at radius 3 is 2.50 bits per heavy atom. The first-order valence-electron chi connectivity index (χ1n) is 6.37. The highest BCUT2D eigenvalue weighted by atomic mass is 16.4. The van der Waals surface area contributed by atoms with E-state index in [-0.39, 0.29) is 18.9 Å². The van der Waals surface area contributed by atoms with Gasteiger partial charge in [-0.2, -0.15) is 0 Å². The lowest BCUT2D eigenvalue weighted by Gasteiger charge is -2.37. The van der Waals surface area contributed by atoms with Gasteiger partial charge in [-0.15, -0.1) is 0 Å². The standard InChI is InChI=1S/C12H20N2O4/c1-12(2-4-13-5-3-12)11(18)14-7-8(15)6-9(14)10(16)17/h8-9,13,15H,2-7H2,1H3,(H,16,17)/t8-,9-/m0/s1. The van der Waals surface area contributed by atoms with Crippen molar-refractivity contribution in [3.8, 4) is 0 Å². The van der Waals surface area contributed by atoms with Crippen molar-refractivity contribution >= 4 is 11.9 Å². The van der Waals surface area contributed by atoms with Crippen LogP contribution in [0.2, 0.25) is 0 Å². The number of aliphatic hydroxyl groups is 1. The number of amides is 1. The maximum Gasteiger partial charge on any atom is 0.326 e. The first-order valence-corrected chi connectivity index (χ1v) is 6.37. The van der Waals surface area contributed by atoms with Gasteiger partial charge in [0.15, 0.2) is 0 Å². The number of nitrogens with one attached hydrogen (secondary N) is 1. The van der Waals surface area contributed by atoms with Gasteiger partial charge < -0.3 is 20.4 Å². The van der Waals surface area contributed by atoms with Crippen molar-refractivity contribution < 1.29 is 19.8 Å². The molecule has 2 heterocycles. The molecule has 6 nitrogen and oxygen atoms in total. The summed E-state index contributed by atoms with van der Waals surface area (Å²) in [5.74, 6) is -1.16. The number of aliphatic hydroxyl groups excluding tert-OH is 1. The smallest absolute Gasteiger partial charge is 0.326 e. The maximum absolute atomic E-state index is 12.5. The van der Waals surface area contributed by atoms with Crippen LogP contribution in [0, 0.1) is 5.41 Å². The average molecular weight is 256 g/mol. The molecule has 3 N–H and O–H groups in total. The fourth-order valence-corrected chi connectivity index (χ4v) is 2.81. The van der Waals surface area contributed by atoms with Crippen molar-refractivity contribution in [3.63, 3.8) is 0 Å². The quantitative estimate of drug-likeness (QED) is 0.615. The predicted molar refractivity (Wildman–Crippen MR) is 64.0 cm³/mol. The number of piperidine rings is 1. The summed E-state index contributed by atoms with van der Waals surface area (Å²) in [5, 5.41) is 21.9. The number of rotatable bonds is 2. The third-order valence-electron chi connectivity index (χ3n) is 4.05. The highest BCUT2D eigenvalue weighted by Gasteiger charge is 2.45. The minimum Gasteiger partial charge on any atom is -0.480 e. The SMILES string of the molecule is CC1(C(=O)N2C[C@@H](O)C[C@H]2C(=O)O)CCNCC1. The van der Waals surface area contributed by atoms with Gasteiger partial charge in [-0.25, -0.2) is 4.79 Å². The Morgan fingerprint density at radius 2 is 1.94 bits per heavy atom. The number of carbonyl (C=O) groups is 2. The summed E-state index contributed by atoms with van der Waals surface area (Å²) < 4.78 is 0. The Labute approximate surface area is 106 Å². The number of hydrogen-bond donors (Lipinski definition) is 3. The molecule has 18 heavy (non-hydrogen) atoms. The van der Waals surface area contributed by atoms with Gasteiger partial charge in [0.1, 0.15) is 6.04 Å². The van der Waals surface area contributed by atoms with E-state index in [0.717, 1.165) is 13.1 Å². The van der Waals surface area contributed by atoms with E-state index in [9.17, 15) is 14.7 Å². The molecule has 0 saturated carbocycles. The van der Waals surface area contributed by atoms with E-state index < -0.39 is 23.5 Å². The van der Waals surface area contributed by atoms with Crippen LogP contribution in [-0.2, 0) is 9.59 Å². The fraction of sp³-hybridized carbons (Fsp3) is 0.833. The number of hydrogen-bond acceptors (Lipinski definition) is 4. The number of likely N-dealkylation sites (tertiary alicyclic amines) is 1. The lowest BCUT2D eigenvalue weighted by molar-refractivity contribution is -0.153. The van der Waals surface area contributed by atoms with Crippen LogP contribution >= 0.6 is 0 Å². The normalized spacial score (nSPS) is 31.3. The predicted octanol–water partition coefficient (Wildman–Crippen LogP) is -0.577. The lowest BCUT2D eigenvalue weighted by atomic mass is 9.79. The average Bonchev–Trinajstić information content (AvgIpc) is 2.71. The van der Waals surface area contributed by atoms with Gasteiger partial charge in [0, 0.05) is 18.4 Å². The molecule has 1 amide bonds. The molecule has 2 rings (SSSR count). The monoisotopic (exact) mass is 256 g/mol. The molecular weight excluding hydrogens is 236 g/mol. The molecule has 2 atom stereocenters. The number of carboxylic acid groups (broad SMARTS) is 1. The van der Waals surface area contributed by atoms with Crippen LogP contribution in [0.1, 0.15) is 26.2 Å². The van der Waals surface area contributed by atoms with Gasteiger partial charge in [-0.05, 0) is 25.9 Å². The molecule has 0 aromatic rings. The highest BCUT2D eigenvalue weighted by Crippen LogP contribution is 2.33. The molecule has 0 bridgehead atoms. The summed E-state index contributed by atoms with van der Waals surface area (Å²) >= 11 is 0. The summed E-state index contributed by atoms with van der Waals surface area (Å²) in [6.45, 7) is 3.57. The number of nitrogens with zero attached hydrogens (tertiary/aromatic N) is 1. The minimum absolute atomic E-state index is 0.132. The molecule has 2 aliphatic rings. The second-order valence-corrected chi connectivity index (χ2v) is 5.51. The van der Waals surface area contributed by atoms with Crippen molar-refractivity contribution in [1.29, 1.82) is 0 Å².